The number of H-pyrrole nitrogens is 1. The lowest BCUT2D eigenvalue weighted by Crippen LogP contribution is -2.05. The fourth-order valence-corrected chi connectivity index (χ4v) is 2.43. The highest BCUT2D eigenvalue weighted by Gasteiger charge is 2.05. The van der Waals surface area contributed by atoms with E-state index < -0.39 is 0 Å². The van der Waals surface area contributed by atoms with Crippen LogP contribution >= 0.6 is 23.2 Å². The normalized spacial score (nSPS) is 11.1. The molecule has 0 saturated carbocycles. The van der Waals surface area contributed by atoms with Crippen molar-refractivity contribution < 1.29 is 0 Å². The second-order valence-corrected chi connectivity index (χ2v) is 5.11. The minimum Gasteiger partial charge on any atom is -0.343 e. The Morgan fingerprint density at radius 3 is 2.74 bits per heavy atom. The van der Waals surface area contributed by atoms with Gasteiger partial charge in [0.15, 0.2) is 0 Å². The lowest BCUT2D eigenvalue weighted by Gasteiger charge is -2.06. The molecular formula is C14H10Cl2N2O. The van der Waals surface area contributed by atoms with Gasteiger partial charge < -0.3 is 9.55 Å². The van der Waals surface area contributed by atoms with Crippen molar-refractivity contribution in [1.82, 2.24) is 9.55 Å². The highest BCUT2D eigenvalue weighted by molar-refractivity contribution is 6.42. The van der Waals surface area contributed by atoms with Crippen LogP contribution in [0.25, 0.3) is 10.9 Å². The van der Waals surface area contributed by atoms with E-state index in [2.05, 4.69) is 4.98 Å². The summed E-state index contributed by atoms with van der Waals surface area (Å²) >= 11 is 11.9. The van der Waals surface area contributed by atoms with Gasteiger partial charge in [-0.25, -0.2) is 0 Å². The molecule has 1 N–H and O–H groups in total. The van der Waals surface area contributed by atoms with Crippen molar-refractivity contribution in [3.8, 4) is 0 Å². The van der Waals surface area contributed by atoms with Crippen LogP contribution in [0.2, 0.25) is 10.0 Å². The summed E-state index contributed by atoms with van der Waals surface area (Å²) in [6.07, 6.45) is 3.54. The van der Waals surface area contributed by atoms with Gasteiger partial charge >= 0.3 is 0 Å². The van der Waals surface area contributed by atoms with E-state index in [1.54, 1.807) is 12.3 Å². The Morgan fingerprint density at radius 1 is 1.11 bits per heavy atom. The van der Waals surface area contributed by atoms with Gasteiger partial charge in [0.25, 0.3) is 5.56 Å². The minimum atomic E-state index is -0.0783. The molecule has 0 saturated heterocycles. The Morgan fingerprint density at radius 2 is 1.95 bits per heavy atom. The Kier molecular flexibility index (Phi) is 3.09. The second kappa shape index (κ2) is 4.76. The molecule has 96 valence electrons. The van der Waals surface area contributed by atoms with Gasteiger partial charge in [-0.3, -0.25) is 4.79 Å². The lowest BCUT2D eigenvalue weighted by molar-refractivity contribution is 0.836. The van der Waals surface area contributed by atoms with E-state index in [4.69, 9.17) is 23.2 Å². The molecule has 2 aromatic heterocycles. The van der Waals surface area contributed by atoms with E-state index >= 15 is 0 Å². The van der Waals surface area contributed by atoms with E-state index in [9.17, 15) is 4.79 Å². The van der Waals surface area contributed by atoms with Crippen LogP contribution < -0.4 is 5.56 Å². The standard InChI is InChI=1S/C14H10Cl2N2O/c15-11-2-1-9(7-12(11)16)8-18-6-4-10-13(18)3-5-17-14(10)19/h1-7H,8H2,(H,17,19). The number of fused-ring (bicyclic) bond motifs is 1. The third kappa shape index (κ3) is 2.27. The summed E-state index contributed by atoms with van der Waals surface area (Å²) in [6, 6.07) is 9.23. The largest absolute Gasteiger partial charge is 0.343 e. The zero-order chi connectivity index (χ0) is 13.4. The van der Waals surface area contributed by atoms with Crippen molar-refractivity contribution >= 4 is 34.1 Å². The first-order chi connectivity index (χ1) is 9.15. The number of halogens is 2. The first kappa shape index (κ1) is 12.3. The van der Waals surface area contributed by atoms with Crippen LogP contribution in [-0.2, 0) is 6.54 Å². The van der Waals surface area contributed by atoms with Crippen LogP contribution in [0.1, 0.15) is 5.56 Å². The molecule has 19 heavy (non-hydrogen) atoms. The summed E-state index contributed by atoms with van der Waals surface area (Å²) in [6.45, 7) is 0.643. The second-order valence-electron chi connectivity index (χ2n) is 4.30. The van der Waals surface area contributed by atoms with Crippen LogP contribution in [0, 0.1) is 0 Å². The number of hydrogen-bond donors (Lipinski definition) is 1. The van der Waals surface area contributed by atoms with Crippen molar-refractivity contribution in [2.45, 2.75) is 6.54 Å². The highest BCUT2D eigenvalue weighted by Crippen LogP contribution is 2.23. The van der Waals surface area contributed by atoms with E-state index in [-0.39, 0.29) is 5.56 Å². The third-order valence-corrected chi connectivity index (χ3v) is 3.78. The van der Waals surface area contributed by atoms with Crippen LogP contribution in [0.5, 0.6) is 0 Å². The number of aromatic amines is 1. The van der Waals surface area contributed by atoms with E-state index in [1.165, 1.54) is 0 Å². The molecule has 0 aliphatic rings. The van der Waals surface area contributed by atoms with Gasteiger partial charge in [0.05, 0.1) is 20.9 Å². The maximum Gasteiger partial charge on any atom is 0.257 e. The van der Waals surface area contributed by atoms with Crippen molar-refractivity contribution in [2.75, 3.05) is 0 Å². The quantitative estimate of drug-likeness (QED) is 0.769. The minimum absolute atomic E-state index is 0.0783. The maximum absolute atomic E-state index is 11.6. The topological polar surface area (TPSA) is 37.8 Å². The number of nitrogens with zero attached hydrogens (tertiary/aromatic N) is 1. The summed E-state index contributed by atoms with van der Waals surface area (Å²) in [5, 5.41) is 1.76. The van der Waals surface area contributed by atoms with E-state index in [1.807, 2.05) is 35.0 Å². The molecule has 0 radical (unpaired) electrons. The molecule has 0 bridgehead atoms. The number of aromatic nitrogens is 2. The van der Waals surface area contributed by atoms with Crippen molar-refractivity contribution in [3.63, 3.8) is 0 Å². The smallest absolute Gasteiger partial charge is 0.257 e. The molecule has 2 heterocycles. The molecule has 0 spiro atoms. The number of rotatable bonds is 2. The Balaban J connectivity index is 2.04. The Hall–Kier alpha value is -1.71. The zero-order valence-electron chi connectivity index (χ0n) is 9.86. The fourth-order valence-electron chi connectivity index (χ4n) is 2.11. The zero-order valence-corrected chi connectivity index (χ0v) is 11.4. The number of benzene rings is 1. The molecule has 0 unspecified atom stereocenters. The molecule has 3 aromatic rings. The van der Waals surface area contributed by atoms with Gasteiger partial charge in [-0.1, -0.05) is 29.3 Å². The van der Waals surface area contributed by atoms with Crippen LogP contribution in [-0.4, -0.2) is 9.55 Å². The van der Waals surface area contributed by atoms with Crippen molar-refractivity contribution in [3.05, 3.63) is 68.7 Å². The number of pyridine rings is 1. The van der Waals surface area contributed by atoms with E-state index in [0.29, 0.717) is 22.0 Å². The molecule has 1 aromatic carbocycles. The SMILES string of the molecule is O=c1[nH]ccc2c1ccn2Cc1ccc(Cl)c(Cl)c1. The molecule has 0 aliphatic carbocycles. The maximum atomic E-state index is 11.6. The van der Waals surface area contributed by atoms with Crippen LogP contribution in [0.15, 0.2) is 47.5 Å². The molecule has 0 aliphatic heterocycles. The fraction of sp³-hybridized carbons (Fsp3) is 0.0714. The van der Waals surface area contributed by atoms with Gasteiger partial charge in [-0.15, -0.1) is 0 Å². The third-order valence-electron chi connectivity index (χ3n) is 3.04. The summed E-state index contributed by atoms with van der Waals surface area (Å²) in [5.74, 6) is 0. The molecule has 3 nitrogen and oxygen atoms in total. The summed E-state index contributed by atoms with van der Waals surface area (Å²) in [4.78, 5) is 14.3. The summed E-state index contributed by atoms with van der Waals surface area (Å²) in [5.41, 5.74) is 1.85. The van der Waals surface area contributed by atoms with Gasteiger partial charge in [-0.05, 0) is 29.8 Å². The summed E-state index contributed by atoms with van der Waals surface area (Å²) < 4.78 is 2.00. The first-order valence-electron chi connectivity index (χ1n) is 5.75. The predicted molar refractivity (Wildman–Crippen MR) is 78.1 cm³/mol. The monoisotopic (exact) mass is 292 g/mol. The average molecular weight is 293 g/mol. The number of hydrogen-bond acceptors (Lipinski definition) is 1. The Labute approximate surface area is 119 Å². The molecule has 0 atom stereocenters. The van der Waals surface area contributed by atoms with Crippen molar-refractivity contribution in [1.29, 1.82) is 0 Å². The highest BCUT2D eigenvalue weighted by atomic mass is 35.5. The molecule has 5 heteroatoms. The molecule has 0 fully saturated rings. The van der Waals surface area contributed by atoms with E-state index in [0.717, 1.165) is 11.1 Å². The molecule has 3 rings (SSSR count). The summed E-state index contributed by atoms with van der Waals surface area (Å²) in [7, 11) is 0. The number of nitrogens with one attached hydrogen (secondary N) is 1. The first-order valence-corrected chi connectivity index (χ1v) is 6.51. The van der Waals surface area contributed by atoms with Crippen molar-refractivity contribution in [2.24, 2.45) is 0 Å². The van der Waals surface area contributed by atoms with Gasteiger partial charge in [0.1, 0.15) is 0 Å². The predicted octanol–water partition coefficient (Wildman–Crippen LogP) is 3.68. The Bertz CT molecular complexity index is 805. The van der Waals surface area contributed by atoms with Gasteiger partial charge in [0, 0.05) is 18.9 Å². The molecular weight excluding hydrogens is 283 g/mol. The van der Waals surface area contributed by atoms with Crippen LogP contribution in [0.4, 0.5) is 0 Å². The lowest BCUT2D eigenvalue weighted by atomic mass is 10.2. The average Bonchev–Trinajstić information content (AvgIpc) is 2.79. The molecule has 0 amide bonds. The van der Waals surface area contributed by atoms with Gasteiger partial charge in [0.2, 0.25) is 0 Å². The van der Waals surface area contributed by atoms with Gasteiger partial charge in [-0.2, -0.15) is 0 Å². The van der Waals surface area contributed by atoms with Crippen LogP contribution in [0.3, 0.4) is 0 Å².